The van der Waals surface area contributed by atoms with Gasteiger partial charge in [-0.25, -0.2) is 8.78 Å². The number of hydrogen-bond acceptors (Lipinski definition) is 3. The van der Waals surface area contributed by atoms with Gasteiger partial charge in [0, 0.05) is 18.7 Å². The van der Waals surface area contributed by atoms with Gasteiger partial charge in [-0.1, -0.05) is 6.07 Å². The highest BCUT2D eigenvalue weighted by Crippen LogP contribution is 2.27. The first-order valence-corrected chi connectivity index (χ1v) is 5.39. The predicted molar refractivity (Wildman–Crippen MR) is 59.6 cm³/mol. The van der Waals surface area contributed by atoms with Crippen molar-refractivity contribution in [3.63, 3.8) is 0 Å². The van der Waals surface area contributed by atoms with Gasteiger partial charge in [-0.15, -0.1) is 0 Å². The molecule has 0 bridgehead atoms. The molecule has 1 aromatic carbocycles. The van der Waals surface area contributed by atoms with Crippen LogP contribution in [-0.2, 0) is 6.54 Å². The molecule has 1 rings (SSSR count). The molecule has 0 heterocycles. The van der Waals surface area contributed by atoms with Crippen LogP contribution in [0.2, 0.25) is 0 Å². The molecule has 0 radical (unpaired) electrons. The summed E-state index contributed by atoms with van der Waals surface area (Å²) in [4.78, 5) is 0.526. The molecule has 0 aliphatic rings. The molecule has 0 aliphatic heterocycles. The van der Waals surface area contributed by atoms with E-state index in [-0.39, 0.29) is 12.1 Å². The smallest absolute Gasteiger partial charge is 0.395 e. The van der Waals surface area contributed by atoms with Gasteiger partial charge in [0.1, 0.15) is 6.54 Å². The molecule has 0 aromatic heterocycles. The number of alkyl halides is 3. The molecule has 0 spiro atoms. The number of hydrogen-bond donors (Lipinski definition) is 2. The van der Waals surface area contributed by atoms with Gasteiger partial charge in [0.05, 0.1) is 12.3 Å². The van der Waals surface area contributed by atoms with Gasteiger partial charge in [0.15, 0.2) is 11.6 Å². The lowest BCUT2D eigenvalue weighted by atomic mass is 10.1. The monoisotopic (exact) mass is 284 g/mol. The minimum absolute atomic E-state index is 0.128. The second-order valence-corrected chi connectivity index (χ2v) is 3.84. The summed E-state index contributed by atoms with van der Waals surface area (Å²) in [6.45, 7) is -2.82. The maximum absolute atomic E-state index is 13.7. The van der Waals surface area contributed by atoms with Crippen molar-refractivity contribution in [3.8, 4) is 0 Å². The van der Waals surface area contributed by atoms with Gasteiger partial charge in [-0.2, -0.15) is 13.2 Å². The lowest BCUT2D eigenvalue weighted by Crippen LogP contribution is -2.37. The first-order valence-electron chi connectivity index (χ1n) is 5.39. The molecular formula is C11H13F5N2O. The molecule has 8 heteroatoms. The highest BCUT2D eigenvalue weighted by molar-refractivity contribution is 5.50. The number of nitrogens with zero attached hydrogens (tertiary/aromatic N) is 1. The number of anilines is 1. The summed E-state index contributed by atoms with van der Waals surface area (Å²) in [7, 11) is 0. The van der Waals surface area contributed by atoms with Crippen molar-refractivity contribution in [2.45, 2.75) is 12.7 Å². The number of benzene rings is 1. The van der Waals surface area contributed by atoms with E-state index in [0.717, 1.165) is 12.1 Å². The molecule has 1 aromatic rings. The Kier molecular flexibility index (Phi) is 5.07. The Morgan fingerprint density at radius 1 is 1.16 bits per heavy atom. The molecular weight excluding hydrogens is 271 g/mol. The van der Waals surface area contributed by atoms with Crippen LogP contribution in [0.15, 0.2) is 12.1 Å². The summed E-state index contributed by atoms with van der Waals surface area (Å²) in [5, 5.41) is 8.71. The minimum atomic E-state index is -4.59. The van der Waals surface area contributed by atoms with Crippen molar-refractivity contribution in [2.24, 2.45) is 5.73 Å². The van der Waals surface area contributed by atoms with E-state index < -0.39 is 43.2 Å². The van der Waals surface area contributed by atoms with Crippen molar-refractivity contribution in [1.82, 2.24) is 0 Å². The first kappa shape index (κ1) is 15.6. The highest BCUT2D eigenvalue weighted by atomic mass is 19.4. The molecule has 0 atom stereocenters. The van der Waals surface area contributed by atoms with E-state index in [1.54, 1.807) is 0 Å². The number of aliphatic hydroxyl groups is 1. The number of halogens is 5. The second kappa shape index (κ2) is 6.16. The van der Waals surface area contributed by atoms with Crippen LogP contribution in [-0.4, -0.2) is 31.0 Å². The zero-order valence-electron chi connectivity index (χ0n) is 9.84. The summed E-state index contributed by atoms with van der Waals surface area (Å²) in [5.41, 5.74) is 4.48. The standard InChI is InChI=1S/C11H13F5N2O/c12-9-7(5-17)1-2-8(10(9)13)18(3-4-19)6-11(14,15)16/h1-2,19H,3-6,17H2. The third-order valence-corrected chi connectivity index (χ3v) is 2.44. The number of aliphatic hydroxyl groups excluding tert-OH is 1. The topological polar surface area (TPSA) is 49.5 Å². The molecule has 3 nitrogen and oxygen atoms in total. The molecule has 0 saturated heterocycles. The van der Waals surface area contributed by atoms with Crippen molar-refractivity contribution >= 4 is 5.69 Å². The summed E-state index contributed by atoms with van der Waals surface area (Å²) in [5.74, 6) is -2.68. The summed E-state index contributed by atoms with van der Waals surface area (Å²) in [6.07, 6.45) is -4.59. The van der Waals surface area contributed by atoms with Gasteiger partial charge in [-0.05, 0) is 6.07 Å². The van der Waals surface area contributed by atoms with Crippen LogP contribution >= 0.6 is 0 Å². The minimum Gasteiger partial charge on any atom is -0.395 e. The van der Waals surface area contributed by atoms with E-state index in [0.29, 0.717) is 4.90 Å². The van der Waals surface area contributed by atoms with Crippen LogP contribution in [0.25, 0.3) is 0 Å². The second-order valence-electron chi connectivity index (χ2n) is 3.84. The quantitative estimate of drug-likeness (QED) is 0.810. The van der Waals surface area contributed by atoms with Crippen LogP contribution in [0.1, 0.15) is 5.56 Å². The maximum atomic E-state index is 13.7. The molecule has 0 saturated carbocycles. The van der Waals surface area contributed by atoms with Crippen molar-refractivity contribution in [3.05, 3.63) is 29.3 Å². The Hall–Kier alpha value is -1.41. The first-order chi connectivity index (χ1) is 8.80. The Labute approximate surface area is 106 Å². The van der Waals surface area contributed by atoms with Gasteiger partial charge < -0.3 is 15.7 Å². The zero-order chi connectivity index (χ0) is 14.6. The SMILES string of the molecule is NCc1ccc(N(CCO)CC(F)(F)F)c(F)c1F. The van der Waals surface area contributed by atoms with Crippen molar-refractivity contribution in [1.29, 1.82) is 0 Å². The van der Waals surface area contributed by atoms with Crippen LogP contribution in [0.4, 0.5) is 27.6 Å². The van der Waals surface area contributed by atoms with E-state index in [4.69, 9.17) is 10.8 Å². The molecule has 3 N–H and O–H groups in total. The van der Waals surface area contributed by atoms with E-state index >= 15 is 0 Å². The van der Waals surface area contributed by atoms with E-state index in [1.165, 1.54) is 0 Å². The lowest BCUT2D eigenvalue weighted by molar-refractivity contribution is -0.119. The Bertz CT molecular complexity index is 436. The van der Waals surface area contributed by atoms with Gasteiger partial charge in [0.2, 0.25) is 0 Å². The van der Waals surface area contributed by atoms with Crippen LogP contribution in [0, 0.1) is 11.6 Å². The van der Waals surface area contributed by atoms with Gasteiger partial charge in [-0.3, -0.25) is 0 Å². The summed E-state index contributed by atoms with van der Waals surface area (Å²) in [6, 6.07) is 2.14. The van der Waals surface area contributed by atoms with Crippen LogP contribution in [0.3, 0.4) is 0 Å². The predicted octanol–water partition coefficient (Wildman–Crippen LogP) is 1.78. The number of rotatable bonds is 5. The molecule has 108 valence electrons. The fourth-order valence-electron chi connectivity index (χ4n) is 1.60. The number of nitrogens with two attached hydrogens (primary N) is 1. The lowest BCUT2D eigenvalue weighted by Gasteiger charge is -2.26. The molecule has 0 unspecified atom stereocenters. The fraction of sp³-hybridized carbons (Fsp3) is 0.455. The Balaban J connectivity index is 3.13. The molecule has 0 amide bonds. The Morgan fingerprint density at radius 3 is 2.26 bits per heavy atom. The average Bonchev–Trinajstić information content (AvgIpc) is 2.30. The average molecular weight is 284 g/mol. The zero-order valence-corrected chi connectivity index (χ0v) is 9.84. The summed E-state index contributed by atoms with van der Waals surface area (Å²) < 4.78 is 64.1. The molecule has 0 fully saturated rings. The van der Waals surface area contributed by atoms with E-state index in [9.17, 15) is 22.0 Å². The highest BCUT2D eigenvalue weighted by Gasteiger charge is 2.32. The van der Waals surface area contributed by atoms with Gasteiger partial charge in [0.25, 0.3) is 0 Å². The maximum Gasteiger partial charge on any atom is 0.405 e. The normalized spacial score (nSPS) is 11.7. The fourth-order valence-corrected chi connectivity index (χ4v) is 1.60. The third-order valence-electron chi connectivity index (χ3n) is 2.44. The van der Waals surface area contributed by atoms with E-state index in [1.807, 2.05) is 0 Å². The molecule has 0 aliphatic carbocycles. The summed E-state index contributed by atoms with van der Waals surface area (Å²) >= 11 is 0. The molecule has 19 heavy (non-hydrogen) atoms. The van der Waals surface area contributed by atoms with Crippen molar-refractivity contribution < 1.29 is 27.1 Å². The van der Waals surface area contributed by atoms with Crippen LogP contribution < -0.4 is 10.6 Å². The van der Waals surface area contributed by atoms with Gasteiger partial charge >= 0.3 is 6.18 Å². The Morgan fingerprint density at radius 2 is 1.79 bits per heavy atom. The van der Waals surface area contributed by atoms with E-state index in [2.05, 4.69) is 0 Å². The van der Waals surface area contributed by atoms with Crippen molar-refractivity contribution in [2.75, 3.05) is 24.6 Å². The largest absolute Gasteiger partial charge is 0.405 e. The third kappa shape index (κ3) is 4.03. The van der Waals surface area contributed by atoms with Crippen LogP contribution in [0.5, 0.6) is 0 Å².